The SMILES string of the molecule is O=C(CC1Sc2ccccc2NC1=O)NCCS(=O)(=O)c1ccccc1. The van der Waals surface area contributed by atoms with E-state index in [9.17, 15) is 18.0 Å². The topological polar surface area (TPSA) is 92.3 Å². The molecule has 2 N–H and O–H groups in total. The summed E-state index contributed by atoms with van der Waals surface area (Å²) in [7, 11) is -3.44. The number of hydrogen-bond acceptors (Lipinski definition) is 5. The van der Waals surface area contributed by atoms with Gasteiger partial charge < -0.3 is 10.6 Å². The van der Waals surface area contributed by atoms with Crippen LogP contribution in [0.15, 0.2) is 64.4 Å². The molecule has 0 fully saturated rings. The highest BCUT2D eigenvalue weighted by atomic mass is 32.2. The van der Waals surface area contributed by atoms with Gasteiger partial charge in [0.2, 0.25) is 11.8 Å². The molecule has 0 spiro atoms. The second kappa shape index (κ2) is 7.92. The highest BCUT2D eigenvalue weighted by Crippen LogP contribution is 2.36. The van der Waals surface area contributed by atoms with Gasteiger partial charge in [-0.05, 0) is 24.3 Å². The average molecular weight is 390 g/mol. The highest BCUT2D eigenvalue weighted by molar-refractivity contribution is 8.01. The predicted octanol–water partition coefficient (Wildman–Crippen LogP) is 2.08. The van der Waals surface area contributed by atoms with Gasteiger partial charge in [0.05, 0.1) is 21.6 Å². The fraction of sp³-hybridized carbons (Fsp3) is 0.222. The van der Waals surface area contributed by atoms with E-state index in [1.807, 2.05) is 24.3 Å². The lowest BCUT2D eigenvalue weighted by atomic mass is 10.2. The molecule has 2 amide bonds. The first kappa shape index (κ1) is 18.5. The number of fused-ring (bicyclic) bond motifs is 1. The summed E-state index contributed by atoms with van der Waals surface area (Å²) >= 11 is 1.34. The Kier molecular flexibility index (Phi) is 5.63. The van der Waals surface area contributed by atoms with Gasteiger partial charge in [-0.1, -0.05) is 30.3 Å². The first-order chi connectivity index (χ1) is 12.5. The zero-order chi connectivity index (χ0) is 18.6. The van der Waals surface area contributed by atoms with Crippen molar-refractivity contribution in [3.63, 3.8) is 0 Å². The third-order valence-corrected chi connectivity index (χ3v) is 6.88. The third-order valence-electron chi connectivity index (χ3n) is 3.87. The number of para-hydroxylation sites is 1. The van der Waals surface area contributed by atoms with Crippen LogP contribution in [0.2, 0.25) is 0 Å². The number of benzene rings is 2. The molecule has 3 rings (SSSR count). The zero-order valence-corrected chi connectivity index (χ0v) is 15.5. The number of carbonyl (C=O) groups excluding carboxylic acids is 2. The standard InChI is InChI=1S/C18H18N2O4S2/c21-17(19-10-11-26(23,24)13-6-2-1-3-7-13)12-16-18(22)20-14-8-4-5-9-15(14)25-16/h1-9,16H,10-12H2,(H,19,21)(H,20,22). The van der Waals surface area contributed by atoms with Gasteiger partial charge in [-0.3, -0.25) is 9.59 Å². The molecule has 1 unspecified atom stereocenters. The summed E-state index contributed by atoms with van der Waals surface area (Å²) in [6.07, 6.45) is -0.00375. The molecule has 26 heavy (non-hydrogen) atoms. The van der Waals surface area contributed by atoms with Crippen molar-refractivity contribution in [1.29, 1.82) is 0 Å². The smallest absolute Gasteiger partial charge is 0.238 e. The van der Waals surface area contributed by atoms with Crippen LogP contribution in [0.1, 0.15) is 6.42 Å². The Labute approximate surface area is 156 Å². The first-order valence-corrected chi connectivity index (χ1v) is 10.6. The number of rotatable bonds is 6. The number of hydrogen-bond donors (Lipinski definition) is 2. The van der Waals surface area contributed by atoms with Crippen molar-refractivity contribution in [2.45, 2.75) is 21.5 Å². The second-order valence-electron chi connectivity index (χ2n) is 5.78. The fourth-order valence-electron chi connectivity index (χ4n) is 2.54. The Morgan fingerprint density at radius 2 is 1.77 bits per heavy atom. The van der Waals surface area contributed by atoms with Crippen molar-refractivity contribution in [2.24, 2.45) is 0 Å². The van der Waals surface area contributed by atoms with Crippen molar-refractivity contribution < 1.29 is 18.0 Å². The molecule has 0 saturated carbocycles. The molecule has 0 bridgehead atoms. The van der Waals surface area contributed by atoms with Gasteiger partial charge >= 0.3 is 0 Å². The van der Waals surface area contributed by atoms with Crippen molar-refractivity contribution in [3.8, 4) is 0 Å². The van der Waals surface area contributed by atoms with Crippen LogP contribution in [0.25, 0.3) is 0 Å². The van der Waals surface area contributed by atoms with E-state index in [2.05, 4.69) is 10.6 Å². The summed E-state index contributed by atoms with van der Waals surface area (Å²) in [6.45, 7) is 0.00561. The number of thioether (sulfide) groups is 1. The fourth-order valence-corrected chi connectivity index (χ4v) is 4.83. The van der Waals surface area contributed by atoms with E-state index in [1.54, 1.807) is 18.2 Å². The minimum absolute atomic E-state index is 0.00375. The van der Waals surface area contributed by atoms with E-state index < -0.39 is 15.1 Å². The van der Waals surface area contributed by atoms with Crippen molar-refractivity contribution in [2.75, 3.05) is 17.6 Å². The maximum Gasteiger partial charge on any atom is 0.238 e. The van der Waals surface area contributed by atoms with Crippen LogP contribution >= 0.6 is 11.8 Å². The van der Waals surface area contributed by atoms with Gasteiger partial charge in [-0.2, -0.15) is 0 Å². The molecular weight excluding hydrogens is 372 g/mol. The van der Waals surface area contributed by atoms with E-state index in [-0.39, 0.29) is 35.4 Å². The van der Waals surface area contributed by atoms with E-state index >= 15 is 0 Å². The molecule has 8 heteroatoms. The second-order valence-corrected chi connectivity index (χ2v) is 9.13. The zero-order valence-electron chi connectivity index (χ0n) is 13.8. The van der Waals surface area contributed by atoms with Crippen LogP contribution in [0.4, 0.5) is 5.69 Å². The lowest BCUT2D eigenvalue weighted by Gasteiger charge is -2.23. The molecule has 2 aromatic carbocycles. The first-order valence-electron chi connectivity index (χ1n) is 8.07. The van der Waals surface area contributed by atoms with Crippen molar-refractivity contribution >= 4 is 39.1 Å². The Morgan fingerprint density at radius 1 is 1.08 bits per heavy atom. The van der Waals surface area contributed by atoms with Gasteiger partial charge in [-0.15, -0.1) is 11.8 Å². The van der Waals surface area contributed by atoms with Crippen LogP contribution in [0.5, 0.6) is 0 Å². The summed E-state index contributed by atoms with van der Waals surface area (Å²) in [5.41, 5.74) is 0.744. The van der Waals surface area contributed by atoms with E-state index in [1.165, 1.54) is 23.9 Å². The molecule has 0 radical (unpaired) electrons. The third kappa shape index (κ3) is 4.44. The summed E-state index contributed by atoms with van der Waals surface area (Å²) in [6, 6.07) is 15.5. The van der Waals surface area contributed by atoms with Gasteiger partial charge in [0.1, 0.15) is 0 Å². The van der Waals surface area contributed by atoms with Crippen molar-refractivity contribution in [1.82, 2.24) is 5.32 Å². The monoisotopic (exact) mass is 390 g/mol. The molecule has 0 saturated heterocycles. The summed E-state index contributed by atoms with van der Waals surface area (Å²) in [5, 5.41) is 4.84. The Morgan fingerprint density at radius 3 is 2.54 bits per heavy atom. The number of sulfone groups is 1. The van der Waals surface area contributed by atoms with Gasteiger partial charge in [-0.25, -0.2) is 8.42 Å². The quantitative estimate of drug-likeness (QED) is 0.788. The minimum atomic E-state index is -3.44. The predicted molar refractivity (Wildman–Crippen MR) is 101 cm³/mol. The Hall–Kier alpha value is -2.32. The molecule has 136 valence electrons. The maximum atomic E-state index is 12.2. The lowest BCUT2D eigenvalue weighted by Crippen LogP contribution is -2.36. The molecule has 6 nitrogen and oxygen atoms in total. The minimum Gasteiger partial charge on any atom is -0.355 e. The van der Waals surface area contributed by atoms with Crippen LogP contribution in [-0.4, -0.2) is 37.8 Å². The summed E-state index contributed by atoms with van der Waals surface area (Å²) in [4.78, 5) is 25.3. The number of anilines is 1. The largest absolute Gasteiger partial charge is 0.355 e. The molecule has 1 aliphatic heterocycles. The highest BCUT2D eigenvalue weighted by Gasteiger charge is 2.28. The summed E-state index contributed by atoms with van der Waals surface area (Å²) < 4.78 is 24.3. The normalized spacial score (nSPS) is 16.5. The number of nitrogens with one attached hydrogen (secondary N) is 2. The molecular formula is C18H18N2O4S2. The molecule has 0 aliphatic carbocycles. The van der Waals surface area contributed by atoms with Gasteiger partial charge in [0.25, 0.3) is 0 Å². The van der Waals surface area contributed by atoms with E-state index in [4.69, 9.17) is 0 Å². The van der Waals surface area contributed by atoms with E-state index in [0.29, 0.717) is 0 Å². The number of amides is 2. The van der Waals surface area contributed by atoms with Gasteiger partial charge in [0, 0.05) is 17.9 Å². The van der Waals surface area contributed by atoms with Crippen LogP contribution in [-0.2, 0) is 19.4 Å². The van der Waals surface area contributed by atoms with E-state index in [0.717, 1.165) is 10.6 Å². The molecule has 2 aromatic rings. The summed E-state index contributed by atoms with van der Waals surface area (Å²) in [5.74, 6) is -0.753. The Balaban J connectivity index is 1.51. The van der Waals surface area contributed by atoms with Crippen LogP contribution < -0.4 is 10.6 Å². The molecule has 1 aliphatic rings. The Bertz CT molecular complexity index is 914. The molecule has 1 atom stereocenters. The van der Waals surface area contributed by atoms with Gasteiger partial charge in [0.15, 0.2) is 9.84 Å². The maximum absolute atomic E-state index is 12.2. The van der Waals surface area contributed by atoms with Crippen molar-refractivity contribution in [3.05, 3.63) is 54.6 Å². The van der Waals surface area contributed by atoms with Crippen LogP contribution in [0, 0.1) is 0 Å². The number of carbonyl (C=O) groups is 2. The molecule has 0 aromatic heterocycles. The molecule has 1 heterocycles. The average Bonchev–Trinajstić information content (AvgIpc) is 2.63. The van der Waals surface area contributed by atoms with Crippen LogP contribution in [0.3, 0.4) is 0 Å². The lowest BCUT2D eigenvalue weighted by molar-refractivity contribution is -0.123.